The quantitative estimate of drug-likeness (QED) is 0.0913. The molecule has 9 nitrogen and oxygen atoms in total. The van der Waals surface area contributed by atoms with Crippen molar-refractivity contribution in [1.29, 1.82) is 0 Å². The van der Waals surface area contributed by atoms with E-state index in [1.54, 1.807) is 24.3 Å². The highest BCUT2D eigenvalue weighted by molar-refractivity contribution is 5.89. The van der Waals surface area contributed by atoms with Gasteiger partial charge in [-0.25, -0.2) is 4.79 Å². The first kappa shape index (κ1) is 38.0. The molecule has 1 saturated heterocycles. The summed E-state index contributed by atoms with van der Waals surface area (Å²) < 4.78 is 45.0. The van der Waals surface area contributed by atoms with Gasteiger partial charge in [0, 0.05) is 0 Å². The second kappa shape index (κ2) is 20.5. The van der Waals surface area contributed by atoms with Crippen molar-refractivity contribution in [3.63, 3.8) is 0 Å². The Morgan fingerprint density at radius 3 is 1.47 bits per heavy atom. The summed E-state index contributed by atoms with van der Waals surface area (Å²) in [6.07, 6.45) is -4.75. The molecular formula is C44H46O9. The molecule has 5 aromatic rings. The van der Waals surface area contributed by atoms with Crippen LogP contribution < -0.4 is 0 Å². The van der Waals surface area contributed by atoms with E-state index < -0.39 is 49.4 Å². The molecule has 0 saturated carbocycles. The molecule has 1 aliphatic heterocycles. The molecule has 1 N–H and O–H groups in total. The maximum absolute atomic E-state index is 12.9. The van der Waals surface area contributed by atoms with E-state index in [-0.39, 0.29) is 26.4 Å². The number of aliphatic hydroxyl groups excluding tert-OH is 1. The van der Waals surface area contributed by atoms with Crippen molar-refractivity contribution in [3.8, 4) is 0 Å². The van der Waals surface area contributed by atoms with Crippen LogP contribution in [0.15, 0.2) is 152 Å². The lowest BCUT2D eigenvalue weighted by Crippen LogP contribution is -2.62. The Labute approximate surface area is 311 Å². The van der Waals surface area contributed by atoms with Crippen molar-refractivity contribution in [2.45, 2.75) is 63.2 Å². The Hall–Kier alpha value is -4.71. The summed E-state index contributed by atoms with van der Waals surface area (Å²) in [5.74, 6) is -0.569. The van der Waals surface area contributed by atoms with Crippen molar-refractivity contribution >= 4 is 5.97 Å². The van der Waals surface area contributed by atoms with E-state index in [0.29, 0.717) is 18.8 Å². The number of carbonyl (C=O) groups is 1. The van der Waals surface area contributed by atoms with Gasteiger partial charge in [0.05, 0.1) is 51.8 Å². The number of rotatable bonds is 19. The molecule has 1 heterocycles. The molecule has 1 fully saturated rings. The van der Waals surface area contributed by atoms with Gasteiger partial charge in [-0.3, -0.25) is 0 Å². The van der Waals surface area contributed by atoms with Gasteiger partial charge in [-0.1, -0.05) is 140 Å². The fraction of sp³-hybridized carbons (Fsp3) is 0.295. The van der Waals surface area contributed by atoms with Gasteiger partial charge in [0.1, 0.15) is 30.5 Å². The smallest absolute Gasteiger partial charge is 0.338 e. The molecule has 0 spiro atoms. The van der Waals surface area contributed by atoms with Crippen molar-refractivity contribution in [2.24, 2.45) is 0 Å². The topological polar surface area (TPSA) is 102 Å². The van der Waals surface area contributed by atoms with E-state index in [2.05, 4.69) is 0 Å². The molecule has 276 valence electrons. The van der Waals surface area contributed by atoms with Crippen LogP contribution in [0.1, 0.15) is 32.6 Å². The van der Waals surface area contributed by atoms with Crippen LogP contribution in [0.5, 0.6) is 0 Å². The molecule has 0 amide bonds. The maximum atomic E-state index is 12.9. The summed E-state index contributed by atoms with van der Waals surface area (Å²) in [6, 6.07) is 48.1. The van der Waals surface area contributed by atoms with Crippen molar-refractivity contribution in [1.82, 2.24) is 0 Å². The highest BCUT2D eigenvalue weighted by Gasteiger charge is 2.49. The first-order chi connectivity index (χ1) is 26.2. The maximum Gasteiger partial charge on any atom is 0.338 e. The molecule has 0 bridgehead atoms. The molecule has 0 radical (unpaired) electrons. The molecule has 9 heteroatoms. The number of ether oxygens (including phenoxy) is 7. The highest BCUT2D eigenvalue weighted by Crippen LogP contribution is 2.32. The van der Waals surface area contributed by atoms with E-state index in [4.69, 9.17) is 33.2 Å². The molecule has 1 unspecified atom stereocenters. The zero-order chi connectivity index (χ0) is 36.5. The van der Waals surface area contributed by atoms with Crippen LogP contribution in [0.3, 0.4) is 0 Å². The molecule has 6 atom stereocenters. The van der Waals surface area contributed by atoms with Crippen molar-refractivity contribution < 1.29 is 43.1 Å². The van der Waals surface area contributed by atoms with Gasteiger partial charge in [0.15, 0.2) is 6.29 Å². The van der Waals surface area contributed by atoms with Crippen molar-refractivity contribution in [2.75, 3.05) is 19.8 Å². The van der Waals surface area contributed by atoms with Crippen LogP contribution in [0.4, 0.5) is 0 Å². The lowest BCUT2D eigenvalue weighted by atomic mass is 9.97. The Balaban J connectivity index is 1.28. The molecular weight excluding hydrogens is 672 g/mol. The predicted molar refractivity (Wildman–Crippen MR) is 198 cm³/mol. The normalized spacial score (nSPS) is 20.4. The van der Waals surface area contributed by atoms with Gasteiger partial charge in [-0.2, -0.15) is 0 Å². The molecule has 0 aliphatic carbocycles. The predicted octanol–water partition coefficient (Wildman–Crippen LogP) is 6.92. The molecule has 53 heavy (non-hydrogen) atoms. The summed E-state index contributed by atoms with van der Waals surface area (Å²) in [5, 5.41) is 10.2. The summed E-state index contributed by atoms with van der Waals surface area (Å²) in [6.45, 7) is 0.728. The van der Waals surface area contributed by atoms with Gasteiger partial charge in [-0.15, -0.1) is 0 Å². The molecule has 0 aromatic heterocycles. The standard InChI is InChI=1S/C44H46O9/c45-26-38(52-43(46)37-24-14-5-15-25-37)31-51-44-42(50-30-36-22-12-4-13-23-36)41(49-29-35-20-10-3-11-21-35)40(48-28-34-18-8-2-9-19-34)39(53-44)32-47-27-33-16-6-1-7-17-33/h1-25,38-42,44-45H,26-32H2/t38?,39-,40-,41+,42+,44-/m1/s1. The van der Waals surface area contributed by atoms with E-state index in [1.807, 2.05) is 127 Å². The summed E-state index contributed by atoms with van der Waals surface area (Å²) in [5.41, 5.74) is 4.31. The number of aliphatic hydroxyl groups is 1. The van der Waals surface area contributed by atoms with Crippen LogP contribution in [0, 0.1) is 0 Å². The van der Waals surface area contributed by atoms with E-state index in [9.17, 15) is 9.90 Å². The minimum Gasteiger partial charge on any atom is -0.454 e. The second-order valence-electron chi connectivity index (χ2n) is 12.7. The fourth-order valence-corrected chi connectivity index (χ4v) is 6.00. The largest absolute Gasteiger partial charge is 0.454 e. The number of hydrogen-bond acceptors (Lipinski definition) is 9. The Morgan fingerprint density at radius 2 is 0.981 bits per heavy atom. The Morgan fingerprint density at radius 1 is 0.547 bits per heavy atom. The Kier molecular flexibility index (Phi) is 14.7. The van der Waals surface area contributed by atoms with E-state index in [1.165, 1.54) is 0 Å². The lowest BCUT2D eigenvalue weighted by Gasteiger charge is -2.46. The fourth-order valence-electron chi connectivity index (χ4n) is 6.00. The second-order valence-corrected chi connectivity index (χ2v) is 12.7. The van der Waals surface area contributed by atoms with Crippen LogP contribution >= 0.6 is 0 Å². The summed E-state index contributed by atoms with van der Waals surface area (Å²) in [4.78, 5) is 12.9. The number of esters is 1. The van der Waals surface area contributed by atoms with Crippen LogP contribution in [0.25, 0.3) is 0 Å². The number of carbonyl (C=O) groups excluding carboxylic acids is 1. The average molecular weight is 719 g/mol. The third-order valence-electron chi connectivity index (χ3n) is 8.77. The molecule has 1 aliphatic rings. The minimum atomic E-state index is -1.01. The van der Waals surface area contributed by atoms with Gasteiger partial charge in [0.2, 0.25) is 0 Å². The van der Waals surface area contributed by atoms with Gasteiger partial charge >= 0.3 is 5.97 Å². The number of hydrogen-bond donors (Lipinski definition) is 1. The summed E-state index contributed by atoms with van der Waals surface area (Å²) in [7, 11) is 0. The van der Waals surface area contributed by atoms with Gasteiger partial charge < -0.3 is 38.3 Å². The van der Waals surface area contributed by atoms with E-state index in [0.717, 1.165) is 22.3 Å². The van der Waals surface area contributed by atoms with Gasteiger partial charge in [-0.05, 0) is 34.4 Å². The first-order valence-electron chi connectivity index (χ1n) is 17.9. The molecule has 6 rings (SSSR count). The summed E-state index contributed by atoms with van der Waals surface area (Å²) >= 11 is 0. The monoisotopic (exact) mass is 718 g/mol. The minimum absolute atomic E-state index is 0.163. The zero-order valence-corrected chi connectivity index (χ0v) is 29.6. The molecule has 5 aromatic carbocycles. The Bertz CT molecular complexity index is 1740. The number of benzene rings is 5. The zero-order valence-electron chi connectivity index (χ0n) is 29.6. The van der Waals surface area contributed by atoms with Crippen LogP contribution in [-0.2, 0) is 59.6 Å². The third kappa shape index (κ3) is 11.6. The van der Waals surface area contributed by atoms with Crippen LogP contribution in [-0.4, -0.2) is 67.7 Å². The lowest BCUT2D eigenvalue weighted by molar-refractivity contribution is -0.331. The SMILES string of the molecule is O=C(OC(CO)CO[C@@H]1O[C@H](COCc2ccccc2)[C@@H](OCc2ccccc2)[C@H](OCc2ccccc2)[C@@H]1OCc1ccccc1)c1ccccc1. The third-order valence-corrected chi connectivity index (χ3v) is 8.77. The highest BCUT2D eigenvalue weighted by atomic mass is 16.7. The average Bonchev–Trinajstić information content (AvgIpc) is 3.22. The van der Waals surface area contributed by atoms with Crippen LogP contribution in [0.2, 0.25) is 0 Å². The van der Waals surface area contributed by atoms with E-state index >= 15 is 0 Å². The van der Waals surface area contributed by atoms with Gasteiger partial charge in [0.25, 0.3) is 0 Å². The first-order valence-corrected chi connectivity index (χ1v) is 17.9. The van der Waals surface area contributed by atoms with Crippen molar-refractivity contribution in [3.05, 3.63) is 179 Å².